The molecule has 2 nitrogen and oxygen atoms in total. The molecular formula is C21H28O2. The number of hydrogen-bond acceptors (Lipinski definition) is 1. The van der Waals surface area contributed by atoms with E-state index in [1.165, 1.54) is 49.7 Å². The lowest BCUT2D eigenvalue weighted by Gasteiger charge is -2.28. The average molecular weight is 312 g/mol. The zero-order valence-electron chi connectivity index (χ0n) is 14.1. The van der Waals surface area contributed by atoms with Gasteiger partial charge in [0.15, 0.2) is 0 Å². The minimum atomic E-state index is -0.910. The lowest BCUT2D eigenvalue weighted by molar-refractivity contribution is -0.131. The number of aliphatic carboxylic acids is 1. The minimum Gasteiger partial charge on any atom is -0.478 e. The van der Waals surface area contributed by atoms with Crippen LogP contribution >= 0.6 is 0 Å². The number of allylic oxidation sites excluding steroid dienone is 3. The van der Waals surface area contributed by atoms with E-state index in [0.29, 0.717) is 0 Å². The summed E-state index contributed by atoms with van der Waals surface area (Å²) in [5.41, 5.74) is 2.76. The predicted molar refractivity (Wildman–Crippen MR) is 95.7 cm³/mol. The monoisotopic (exact) mass is 312 g/mol. The van der Waals surface area contributed by atoms with Gasteiger partial charge in [-0.05, 0) is 55.1 Å². The second kappa shape index (κ2) is 9.34. The number of carbonyl (C=O) groups is 1. The Morgan fingerprint density at radius 2 is 1.83 bits per heavy atom. The van der Waals surface area contributed by atoms with Gasteiger partial charge in [0.25, 0.3) is 0 Å². The molecule has 2 rings (SSSR count). The van der Waals surface area contributed by atoms with Gasteiger partial charge in [-0.1, -0.05) is 62.3 Å². The summed E-state index contributed by atoms with van der Waals surface area (Å²) in [5.74, 6) is 0.790. The van der Waals surface area contributed by atoms with E-state index in [0.717, 1.165) is 24.3 Å². The molecule has 124 valence electrons. The maximum atomic E-state index is 10.4. The van der Waals surface area contributed by atoms with E-state index in [1.54, 1.807) is 12.2 Å². The van der Waals surface area contributed by atoms with Crippen LogP contribution in [-0.2, 0) is 11.2 Å². The van der Waals surface area contributed by atoms with Gasteiger partial charge in [-0.25, -0.2) is 4.79 Å². The summed E-state index contributed by atoms with van der Waals surface area (Å²) < 4.78 is 0. The van der Waals surface area contributed by atoms with Gasteiger partial charge in [-0.2, -0.15) is 0 Å². The second-order valence-electron chi connectivity index (χ2n) is 6.58. The average Bonchev–Trinajstić information content (AvgIpc) is 2.56. The van der Waals surface area contributed by atoms with Crippen molar-refractivity contribution in [3.63, 3.8) is 0 Å². The summed E-state index contributed by atoms with van der Waals surface area (Å²) >= 11 is 0. The molecule has 0 unspecified atom stereocenters. The Morgan fingerprint density at radius 3 is 2.43 bits per heavy atom. The summed E-state index contributed by atoms with van der Waals surface area (Å²) in [6.07, 6.45) is 15.5. The van der Waals surface area contributed by atoms with Crippen LogP contribution < -0.4 is 0 Å². The molecule has 0 atom stereocenters. The van der Waals surface area contributed by atoms with E-state index in [4.69, 9.17) is 5.11 Å². The normalized spacial score (nSPS) is 22.0. The molecule has 23 heavy (non-hydrogen) atoms. The van der Waals surface area contributed by atoms with Crippen LogP contribution in [0.25, 0.3) is 0 Å². The van der Waals surface area contributed by atoms with Gasteiger partial charge < -0.3 is 5.11 Å². The maximum Gasteiger partial charge on any atom is 0.328 e. The third-order valence-electron chi connectivity index (χ3n) is 4.83. The number of rotatable bonds is 7. The Balaban J connectivity index is 1.82. The molecular weight excluding hydrogens is 284 g/mol. The van der Waals surface area contributed by atoms with E-state index in [1.807, 2.05) is 6.08 Å². The number of benzene rings is 1. The first-order chi connectivity index (χ1) is 11.2. The number of carboxylic acids is 1. The van der Waals surface area contributed by atoms with Crippen LogP contribution in [0.2, 0.25) is 0 Å². The third kappa shape index (κ3) is 6.05. The molecule has 1 fully saturated rings. The van der Waals surface area contributed by atoms with Gasteiger partial charge in [0.05, 0.1) is 0 Å². The minimum absolute atomic E-state index is 0.742. The highest BCUT2D eigenvalue weighted by atomic mass is 16.4. The summed E-state index contributed by atoms with van der Waals surface area (Å²) in [4.78, 5) is 10.4. The van der Waals surface area contributed by atoms with Crippen molar-refractivity contribution in [2.75, 3.05) is 0 Å². The number of hydrogen-bond donors (Lipinski definition) is 1. The second-order valence-corrected chi connectivity index (χ2v) is 6.58. The lowest BCUT2D eigenvalue weighted by Crippen LogP contribution is -2.13. The van der Waals surface area contributed by atoms with Crippen molar-refractivity contribution in [2.24, 2.45) is 5.92 Å². The standard InChI is InChI=1S/C21H28O2/c1-2-6-17-9-13-19(14-10-17)20-15-11-18(12-16-20)7-4-3-5-8-21(22)23/h3-5,8,11-12,15-17,19H,2,6-7,9-10,13-14H2,1H3,(H,22,23). The molecule has 1 aromatic rings. The molecule has 0 bridgehead atoms. The van der Waals surface area contributed by atoms with Crippen LogP contribution in [-0.4, -0.2) is 11.1 Å². The Bertz CT molecular complexity index is 531. The molecule has 2 heteroatoms. The van der Waals surface area contributed by atoms with Gasteiger partial charge in [0.2, 0.25) is 0 Å². The van der Waals surface area contributed by atoms with Gasteiger partial charge in [-0.3, -0.25) is 0 Å². The zero-order chi connectivity index (χ0) is 16.5. The van der Waals surface area contributed by atoms with E-state index in [9.17, 15) is 4.79 Å². The first-order valence-electron chi connectivity index (χ1n) is 8.84. The summed E-state index contributed by atoms with van der Waals surface area (Å²) in [6.45, 7) is 2.29. The Morgan fingerprint density at radius 1 is 1.13 bits per heavy atom. The Labute approximate surface area is 139 Å². The van der Waals surface area contributed by atoms with Gasteiger partial charge >= 0.3 is 5.97 Å². The Hall–Kier alpha value is -1.83. The van der Waals surface area contributed by atoms with E-state index >= 15 is 0 Å². The number of carboxylic acid groups (broad SMARTS) is 1. The zero-order valence-corrected chi connectivity index (χ0v) is 14.1. The predicted octanol–water partition coefficient (Wildman–Crippen LogP) is 5.50. The largest absolute Gasteiger partial charge is 0.478 e. The SMILES string of the molecule is CCCC1CCC(c2ccc(CC=CC=CC(=O)O)cc2)CC1. The summed E-state index contributed by atoms with van der Waals surface area (Å²) in [5, 5.41) is 8.51. The van der Waals surface area contributed by atoms with Crippen molar-refractivity contribution >= 4 is 5.97 Å². The van der Waals surface area contributed by atoms with Gasteiger partial charge in [0.1, 0.15) is 0 Å². The van der Waals surface area contributed by atoms with E-state index in [-0.39, 0.29) is 0 Å². The van der Waals surface area contributed by atoms with Crippen LogP contribution in [0.15, 0.2) is 48.6 Å². The first kappa shape index (κ1) is 17.5. The molecule has 0 heterocycles. The molecule has 1 N–H and O–H groups in total. The topological polar surface area (TPSA) is 37.3 Å². The smallest absolute Gasteiger partial charge is 0.328 e. The molecule has 0 saturated heterocycles. The van der Waals surface area contributed by atoms with Crippen molar-refractivity contribution in [3.05, 3.63) is 59.7 Å². The Kier molecular flexibility index (Phi) is 7.12. The molecule has 0 spiro atoms. The maximum absolute atomic E-state index is 10.4. The molecule has 0 aromatic heterocycles. The summed E-state index contributed by atoms with van der Waals surface area (Å²) in [7, 11) is 0. The van der Waals surface area contributed by atoms with Crippen LogP contribution in [0.4, 0.5) is 0 Å². The molecule has 0 radical (unpaired) electrons. The highest BCUT2D eigenvalue weighted by Crippen LogP contribution is 2.37. The van der Waals surface area contributed by atoms with Crippen molar-refractivity contribution in [3.8, 4) is 0 Å². The van der Waals surface area contributed by atoms with Crippen molar-refractivity contribution in [2.45, 2.75) is 57.8 Å². The highest BCUT2D eigenvalue weighted by Gasteiger charge is 2.21. The van der Waals surface area contributed by atoms with Crippen LogP contribution in [0, 0.1) is 5.92 Å². The van der Waals surface area contributed by atoms with Gasteiger partial charge in [0, 0.05) is 6.08 Å². The van der Waals surface area contributed by atoms with E-state index in [2.05, 4.69) is 31.2 Å². The summed E-state index contributed by atoms with van der Waals surface area (Å²) in [6, 6.07) is 8.97. The highest BCUT2D eigenvalue weighted by molar-refractivity contribution is 5.80. The molecule has 1 aromatic carbocycles. The van der Waals surface area contributed by atoms with Crippen molar-refractivity contribution in [1.82, 2.24) is 0 Å². The fourth-order valence-corrected chi connectivity index (χ4v) is 3.54. The van der Waals surface area contributed by atoms with E-state index < -0.39 is 5.97 Å². The van der Waals surface area contributed by atoms with Crippen LogP contribution in [0.1, 0.15) is 62.5 Å². The molecule has 0 amide bonds. The van der Waals surface area contributed by atoms with Gasteiger partial charge in [-0.15, -0.1) is 0 Å². The van der Waals surface area contributed by atoms with Crippen LogP contribution in [0.3, 0.4) is 0 Å². The molecule has 1 aliphatic rings. The molecule has 1 aliphatic carbocycles. The van der Waals surface area contributed by atoms with Crippen molar-refractivity contribution < 1.29 is 9.90 Å². The molecule has 0 aliphatic heterocycles. The fraction of sp³-hybridized carbons (Fsp3) is 0.476. The fourth-order valence-electron chi connectivity index (χ4n) is 3.54. The van der Waals surface area contributed by atoms with Crippen LogP contribution in [0.5, 0.6) is 0 Å². The van der Waals surface area contributed by atoms with Crippen molar-refractivity contribution in [1.29, 1.82) is 0 Å². The first-order valence-corrected chi connectivity index (χ1v) is 8.84. The lowest BCUT2D eigenvalue weighted by atomic mass is 9.77. The molecule has 1 saturated carbocycles. The third-order valence-corrected chi connectivity index (χ3v) is 4.83. The quantitative estimate of drug-likeness (QED) is 0.533.